The van der Waals surface area contributed by atoms with E-state index in [0.29, 0.717) is 32.8 Å². The van der Waals surface area contributed by atoms with Crippen LogP contribution in [0.4, 0.5) is 5.69 Å². The van der Waals surface area contributed by atoms with Crippen molar-refractivity contribution >= 4 is 64.7 Å². The van der Waals surface area contributed by atoms with Crippen LogP contribution in [0.5, 0.6) is 0 Å². The van der Waals surface area contributed by atoms with Crippen LogP contribution < -0.4 is 4.90 Å². The lowest BCUT2D eigenvalue weighted by molar-refractivity contribution is 0.0993. The first-order valence-corrected chi connectivity index (χ1v) is 15.8. The molecule has 6 aromatic rings. The van der Waals surface area contributed by atoms with E-state index in [1.165, 1.54) is 11.3 Å². The molecule has 0 spiro atoms. The summed E-state index contributed by atoms with van der Waals surface area (Å²) in [4.78, 5) is 24.1. The van der Waals surface area contributed by atoms with Crippen LogP contribution in [0.2, 0.25) is 0 Å². The van der Waals surface area contributed by atoms with Crippen LogP contribution >= 0.6 is 22.7 Å². The number of fused-ring (bicyclic) bond motifs is 2. The number of anilines is 1. The molecule has 10 heteroatoms. The minimum atomic E-state index is -4.38. The van der Waals surface area contributed by atoms with Gasteiger partial charge in [0.2, 0.25) is 0 Å². The van der Waals surface area contributed by atoms with Gasteiger partial charge in [0, 0.05) is 42.9 Å². The lowest BCUT2D eigenvalue weighted by Crippen LogP contribution is -2.09. The Balaban J connectivity index is 1.24. The largest absolute Gasteiger partial charge is 0.378 e. The summed E-state index contributed by atoms with van der Waals surface area (Å²) in [5.41, 5.74) is 6.35. The van der Waals surface area contributed by atoms with E-state index in [9.17, 15) is 17.8 Å². The maximum Gasteiger partial charge on any atom is 0.296 e. The number of benzene rings is 4. The number of ketones is 1. The minimum Gasteiger partial charge on any atom is -0.378 e. The van der Waals surface area contributed by atoms with E-state index < -0.39 is 10.1 Å². The number of rotatable bonds is 7. The monoisotopic (exact) mass is 599 g/mol. The minimum absolute atomic E-state index is 0.0734. The van der Waals surface area contributed by atoms with Crippen molar-refractivity contribution in [3.63, 3.8) is 0 Å². The third kappa shape index (κ3) is 5.39. The van der Waals surface area contributed by atoms with Crippen molar-refractivity contribution in [1.82, 2.24) is 9.97 Å². The van der Waals surface area contributed by atoms with Gasteiger partial charge in [0.1, 0.15) is 14.9 Å². The highest BCUT2D eigenvalue weighted by atomic mass is 32.2. The zero-order valence-electron chi connectivity index (χ0n) is 22.5. The van der Waals surface area contributed by atoms with Crippen LogP contribution in [-0.4, -0.2) is 42.8 Å². The summed E-state index contributed by atoms with van der Waals surface area (Å²) in [6.07, 6.45) is 0.325. The molecular formula is C31H25N3O4S3. The fraction of sp³-hybridized carbons (Fsp3) is 0.129. The van der Waals surface area contributed by atoms with E-state index in [0.717, 1.165) is 37.6 Å². The molecule has 0 saturated carbocycles. The van der Waals surface area contributed by atoms with Crippen LogP contribution in [0.1, 0.15) is 21.5 Å². The lowest BCUT2D eigenvalue weighted by Gasteiger charge is -2.12. The molecule has 0 aliphatic carbocycles. The number of hydrogen-bond donors (Lipinski definition) is 1. The van der Waals surface area contributed by atoms with Gasteiger partial charge in [-0.1, -0.05) is 30.3 Å². The van der Waals surface area contributed by atoms with Crippen LogP contribution in [-0.2, 0) is 16.5 Å². The van der Waals surface area contributed by atoms with E-state index >= 15 is 0 Å². The van der Waals surface area contributed by atoms with Crippen molar-refractivity contribution in [3.05, 3.63) is 95.6 Å². The Labute approximate surface area is 245 Å². The van der Waals surface area contributed by atoms with Crippen LogP contribution in [0.15, 0.2) is 83.8 Å². The van der Waals surface area contributed by atoms with Gasteiger partial charge in [0.15, 0.2) is 5.78 Å². The number of Topliss-reactive ketones (excluding diaryl/α,β-unsaturated/α-hetero) is 1. The number of hydrogen-bond acceptors (Lipinski definition) is 8. The van der Waals surface area contributed by atoms with E-state index in [1.54, 1.807) is 30.4 Å². The Morgan fingerprint density at radius 2 is 1.46 bits per heavy atom. The summed E-state index contributed by atoms with van der Waals surface area (Å²) < 4.78 is 35.2. The number of carbonyl (C=O) groups is 1. The Kier molecular flexibility index (Phi) is 6.95. The zero-order valence-corrected chi connectivity index (χ0v) is 24.9. The van der Waals surface area contributed by atoms with Gasteiger partial charge in [-0.2, -0.15) is 8.42 Å². The first-order chi connectivity index (χ1) is 19.6. The summed E-state index contributed by atoms with van der Waals surface area (Å²) >= 11 is 2.80. The van der Waals surface area contributed by atoms with Gasteiger partial charge < -0.3 is 4.90 Å². The molecule has 0 aliphatic rings. The number of aryl methyl sites for hydroxylation is 1. The molecule has 0 unspecified atom stereocenters. The highest BCUT2D eigenvalue weighted by Crippen LogP contribution is 2.38. The fourth-order valence-electron chi connectivity index (χ4n) is 4.69. The molecule has 2 aromatic heterocycles. The van der Waals surface area contributed by atoms with Gasteiger partial charge >= 0.3 is 0 Å². The summed E-state index contributed by atoms with van der Waals surface area (Å²) in [6, 6.07) is 24.8. The number of thiazole rings is 2. The molecule has 0 bridgehead atoms. The van der Waals surface area contributed by atoms with Crippen molar-refractivity contribution in [3.8, 4) is 21.1 Å². The van der Waals surface area contributed by atoms with Gasteiger partial charge in [-0.15, -0.1) is 22.7 Å². The normalized spacial score (nSPS) is 11.8. The molecule has 0 aliphatic heterocycles. The Bertz CT molecular complexity index is 2040. The molecule has 0 amide bonds. The number of nitrogens with zero attached hydrogens (tertiary/aromatic N) is 3. The average molecular weight is 600 g/mol. The van der Waals surface area contributed by atoms with Gasteiger partial charge in [-0.3, -0.25) is 9.35 Å². The number of aromatic nitrogens is 2. The molecule has 41 heavy (non-hydrogen) atoms. The highest BCUT2D eigenvalue weighted by Gasteiger charge is 2.21. The predicted octanol–water partition coefficient (Wildman–Crippen LogP) is 7.29. The third-order valence-corrected chi connectivity index (χ3v) is 10.2. The first kappa shape index (κ1) is 27.2. The molecule has 2 heterocycles. The smallest absolute Gasteiger partial charge is 0.296 e. The molecule has 0 atom stereocenters. The second-order valence-corrected chi connectivity index (χ2v) is 13.4. The Hall–Kier alpha value is -3.96. The summed E-state index contributed by atoms with van der Waals surface area (Å²) in [7, 11) is -0.440. The van der Waals surface area contributed by atoms with Crippen LogP contribution in [0.25, 0.3) is 41.6 Å². The van der Waals surface area contributed by atoms with E-state index in [2.05, 4.69) is 4.98 Å². The van der Waals surface area contributed by atoms with Gasteiger partial charge in [-0.25, -0.2) is 9.97 Å². The first-order valence-electron chi connectivity index (χ1n) is 12.8. The molecule has 6 rings (SSSR count). The van der Waals surface area contributed by atoms with Crippen molar-refractivity contribution in [2.75, 3.05) is 19.0 Å². The molecule has 0 radical (unpaired) electrons. The molecule has 206 valence electrons. The van der Waals surface area contributed by atoms with E-state index in [-0.39, 0.29) is 10.7 Å². The SMILES string of the molecule is Cc1ccc2nc(-c3ccc4nc(-c5ccc(CC(=O)c6ccc(N(C)C)cc6)cc5)sc4c3)sc2c1S(=O)(=O)O. The lowest BCUT2D eigenvalue weighted by atomic mass is 10.0. The van der Waals surface area contributed by atoms with Gasteiger partial charge in [0.05, 0.1) is 20.4 Å². The van der Waals surface area contributed by atoms with E-state index in [1.807, 2.05) is 85.7 Å². The Morgan fingerprint density at radius 1 is 0.829 bits per heavy atom. The van der Waals surface area contributed by atoms with Crippen molar-refractivity contribution in [1.29, 1.82) is 0 Å². The Morgan fingerprint density at radius 3 is 2.15 bits per heavy atom. The summed E-state index contributed by atoms with van der Waals surface area (Å²) in [5, 5.41) is 1.53. The summed E-state index contributed by atoms with van der Waals surface area (Å²) in [5.74, 6) is 0.0734. The standard InChI is InChI=1S/C31H25N3O4S3/c1-18-4-14-25-28(29(18)41(36,37)38)40-31(33-25)22-11-15-24-27(17-22)39-30(32-24)21-7-5-19(6-8-21)16-26(35)20-9-12-23(13-10-20)34(2)3/h4-15,17H,16H2,1-3H3,(H,36,37,38). The summed E-state index contributed by atoms with van der Waals surface area (Å²) in [6.45, 7) is 1.65. The zero-order chi connectivity index (χ0) is 28.9. The van der Waals surface area contributed by atoms with Crippen LogP contribution in [0.3, 0.4) is 0 Å². The van der Waals surface area contributed by atoms with E-state index in [4.69, 9.17) is 4.98 Å². The van der Waals surface area contributed by atoms with Gasteiger partial charge in [-0.05, 0) is 66.6 Å². The molecular weight excluding hydrogens is 575 g/mol. The van der Waals surface area contributed by atoms with Crippen molar-refractivity contribution in [2.24, 2.45) is 0 Å². The second-order valence-electron chi connectivity index (χ2n) is 9.99. The quantitative estimate of drug-likeness (QED) is 0.152. The maximum absolute atomic E-state index is 12.8. The fourth-order valence-corrected chi connectivity index (χ4v) is 8.01. The van der Waals surface area contributed by atoms with Crippen molar-refractivity contribution < 1.29 is 17.8 Å². The number of carbonyl (C=O) groups excluding carboxylic acids is 1. The molecule has 4 aromatic carbocycles. The average Bonchev–Trinajstić information content (AvgIpc) is 3.56. The molecule has 1 N–H and O–H groups in total. The second kappa shape index (κ2) is 10.5. The predicted molar refractivity (Wildman–Crippen MR) is 167 cm³/mol. The third-order valence-electron chi connectivity index (χ3n) is 6.87. The maximum atomic E-state index is 12.8. The molecule has 7 nitrogen and oxygen atoms in total. The topological polar surface area (TPSA) is 100 Å². The molecule has 0 saturated heterocycles. The highest BCUT2D eigenvalue weighted by molar-refractivity contribution is 7.86. The molecule has 0 fully saturated rings. The van der Waals surface area contributed by atoms with Crippen molar-refractivity contribution in [2.45, 2.75) is 18.2 Å². The van der Waals surface area contributed by atoms with Gasteiger partial charge in [0.25, 0.3) is 10.1 Å². The van der Waals surface area contributed by atoms with Crippen LogP contribution in [0, 0.1) is 6.92 Å².